The molecule has 1 fully saturated rings. The zero-order chi connectivity index (χ0) is 24.7. The molecule has 0 bridgehead atoms. The molecule has 2 atom stereocenters. The number of piperazine rings is 1. The summed E-state index contributed by atoms with van der Waals surface area (Å²) in [6.07, 6.45) is 4.14. The fraction of sp³-hybridized carbons (Fsp3) is 0.560. The Hall–Kier alpha value is -3.23. The third-order valence-electron chi connectivity index (χ3n) is 6.13. The summed E-state index contributed by atoms with van der Waals surface area (Å²) in [7, 11) is 0. The van der Waals surface area contributed by atoms with Gasteiger partial charge in [0.15, 0.2) is 0 Å². The Labute approximate surface area is 201 Å². The second-order valence-electron chi connectivity index (χ2n) is 9.30. The molecule has 5 amide bonds. The second kappa shape index (κ2) is 11.8. The average molecular weight is 471 g/mol. The van der Waals surface area contributed by atoms with E-state index in [4.69, 9.17) is 0 Å². The Balaban J connectivity index is 1.72. The quantitative estimate of drug-likeness (QED) is 0.445. The van der Waals surface area contributed by atoms with Crippen LogP contribution in [-0.2, 0) is 11.2 Å². The number of hydrogen-bond acceptors (Lipinski definition) is 3. The van der Waals surface area contributed by atoms with Crippen LogP contribution < -0.4 is 16.0 Å². The van der Waals surface area contributed by atoms with Gasteiger partial charge in [-0.05, 0) is 38.8 Å². The summed E-state index contributed by atoms with van der Waals surface area (Å²) in [6.45, 7) is 9.73. The number of H-pyrrole nitrogens is 1. The van der Waals surface area contributed by atoms with Crippen LogP contribution in [0.4, 0.5) is 9.59 Å². The summed E-state index contributed by atoms with van der Waals surface area (Å²) < 4.78 is 0. The molecule has 0 aliphatic carbocycles. The molecule has 9 heteroatoms. The number of unbranched alkanes of at least 4 members (excludes halogenated alkanes) is 1. The smallest absolute Gasteiger partial charge is 0.317 e. The number of nitrogens with zero attached hydrogens (tertiary/aromatic N) is 2. The largest absolute Gasteiger partial charge is 0.361 e. The SMILES string of the molecule is CCCCNC(=O)NC(Cc1c[nH]c2ccccc12)C(=O)N1CCN(C(=O)NC(C)C)C(C)C1. The maximum atomic E-state index is 13.6. The van der Waals surface area contributed by atoms with Crippen molar-refractivity contribution in [1.82, 2.24) is 30.7 Å². The van der Waals surface area contributed by atoms with Crippen molar-refractivity contribution < 1.29 is 14.4 Å². The molecule has 3 rings (SSSR count). The molecular weight excluding hydrogens is 432 g/mol. The van der Waals surface area contributed by atoms with E-state index in [1.54, 1.807) is 9.80 Å². The minimum Gasteiger partial charge on any atom is -0.361 e. The molecule has 1 aromatic heterocycles. The van der Waals surface area contributed by atoms with Crippen LogP contribution in [0.3, 0.4) is 0 Å². The first kappa shape index (κ1) is 25.4. The van der Waals surface area contributed by atoms with Gasteiger partial charge in [-0.3, -0.25) is 4.79 Å². The lowest BCUT2D eigenvalue weighted by atomic mass is 10.0. The summed E-state index contributed by atoms with van der Waals surface area (Å²) in [4.78, 5) is 45.4. The summed E-state index contributed by atoms with van der Waals surface area (Å²) in [5.41, 5.74) is 1.97. The minimum atomic E-state index is -0.705. The highest BCUT2D eigenvalue weighted by molar-refractivity contribution is 5.89. The van der Waals surface area contributed by atoms with Gasteiger partial charge >= 0.3 is 12.1 Å². The molecule has 34 heavy (non-hydrogen) atoms. The molecule has 1 aliphatic rings. The van der Waals surface area contributed by atoms with Crippen molar-refractivity contribution in [2.75, 3.05) is 26.2 Å². The van der Waals surface area contributed by atoms with E-state index in [2.05, 4.69) is 27.9 Å². The predicted molar refractivity (Wildman–Crippen MR) is 134 cm³/mol. The molecule has 0 saturated carbocycles. The number of carbonyl (C=O) groups is 3. The van der Waals surface area contributed by atoms with E-state index < -0.39 is 6.04 Å². The Morgan fingerprint density at radius 2 is 1.91 bits per heavy atom. The fourth-order valence-corrected chi connectivity index (χ4v) is 4.32. The zero-order valence-electron chi connectivity index (χ0n) is 20.7. The van der Waals surface area contributed by atoms with Crippen LogP contribution in [0.25, 0.3) is 10.9 Å². The average Bonchev–Trinajstić information content (AvgIpc) is 3.20. The van der Waals surface area contributed by atoms with E-state index in [0.717, 1.165) is 29.3 Å². The number of carbonyl (C=O) groups excluding carboxylic acids is 3. The van der Waals surface area contributed by atoms with Gasteiger partial charge in [-0.25, -0.2) is 9.59 Å². The Bertz CT molecular complexity index is 988. The summed E-state index contributed by atoms with van der Waals surface area (Å²) >= 11 is 0. The summed E-state index contributed by atoms with van der Waals surface area (Å²) in [6, 6.07) is 6.70. The van der Waals surface area contributed by atoms with Crippen LogP contribution in [0.2, 0.25) is 0 Å². The number of fused-ring (bicyclic) bond motifs is 1. The number of hydrogen-bond donors (Lipinski definition) is 4. The molecule has 4 N–H and O–H groups in total. The second-order valence-corrected chi connectivity index (χ2v) is 9.30. The maximum Gasteiger partial charge on any atom is 0.317 e. The van der Waals surface area contributed by atoms with Crippen LogP contribution >= 0.6 is 0 Å². The molecule has 1 aromatic carbocycles. The number of urea groups is 2. The van der Waals surface area contributed by atoms with Crippen LogP contribution in [0, 0.1) is 0 Å². The van der Waals surface area contributed by atoms with Crippen molar-refractivity contribution in [2.24, 2.45) is 0 Å². The summed E-state index contributed by atoms with van der Waals surface area (Å²) in [5, 5.41) is 9.71. The molecule has 2 aromatic rings. The Morgan fingerprint density at radius 3 is 2.62 bits per heavy atom. The van der Waals surface area contributed by atoms with E-state index >= 15 is 0 Å². The van der Waals surface area contributed by atoms with Crippen molar-refractivity contribution in [1.29, 1.82) is 0 Å². The van der Waals surface area contributed by atoms with E-state index in [0.29, 0.717) is 32.6 Å². The first-order chi connectivity index (χ1) is 16.3. The number of aromatic nitrogens is 1. The normalized spacial score (nSPS) is 17.0. The van der Waals surface area contributed by atoms with Crippen molar-refractivity contribution in [3.8, 4) is 0 Å². The highest BCUT2D eigenvalue weighted by atomic mass is 16.2. The molecule has 2 unspecified atom stereocenters. The van der Waals surface area contributed by atoms with E-state index in [-0.39, 0.29) is 30.1 Å². The maximum absolute atomic E-state index is 13.6. The first-order valence-corrected chi connectivity index (χ1v) is 12.2. The fourth-order valence-electron chi connectivity index (χ4n) is 4.32. The third-order valence-corrected chi connectivity index (χ3v) is 6.13. The Morgan fingerprint density at radius 1 is 1.15 bits per heavy atom. The van der Waals surface area contributed by atoms with Crippen LogP contribution in [0.15, 0.2) is 30.5 Å². The van der Waals surface area contributed by atoms with Gasteiger partial charge in [0, 0.05) is 61.8 Å². The van der Waals surface area contributed by atoms with E-state index in [1.807, 2.05) is 51.2 Å². The zero-order valence-corrected chi connectivity index (χ0v) is 20.7. The van der Waals surface area contributed by atoms with Gasteiger partial charge in [0.2, 0.25) is 5.91 Å². The van der Waals surface area contributed by atoms with Gasteiger partial charge < -0.3 is 30.7 Å². The third kappa shape index (κ3) is 6.42. The van der Waals surface area contributed by atoms with Crippen molar-refractivity contribution in [2.45, 2.75) is 65.1 Å². The minimum absolute atomic E-state index is 0.0512. The molecule has 9 nitrogen and oxygen atoms in total. The van der Waals surface area contributed by atoms with Gasteiger partial charge in [-0.15, -0.1) is 0 Å². The van der Waals surface area contributed by atoms with Crippen molar-refractivity contribution >= 4 is 28.9 Å². The van der Waals surface area contributed by atoms with Gasteiger partial charge in [0.05, 0.1) is 0 Å². The van der Waals surface area contributed by atoms with Gasteiger partial charge in [0.25, 0.3) is 0 Å². The lowest BCUT2D eigenvalue weighted by Gasteiger charge is -2.41. The van der Waals surface area contributed by atoms with Gasteiger partial charge in [0.1, 0.15) is 6.04 Å². The molecule has 0 radical (unpaired) electrons. The molecule has 1 saturated heterocycles. The number of amides is 5. The number of para-hydroxylation sites is 1. The highest BCUT2D eigenvalue weighted by Gasteiger charge is 2.34. The number of benzene rings is 1. The van der Waals surface area contributed by atoms with Crippen LogP contribution in [-0.4, -0.2) is 77.1 Å². The van der Waals surface area contributed by atoms with Crippen molar-refractivity contribution in [3.05, 3.63) is 36.0 Å². The molecule has 1 aliphatic heterocycles. The molecule has 2 heterocycles. The number of nitrogens with one attached hydrogen (secondary N) is 4. The Kier molecular flexibility index (Phi) is 8.79. The molecule has 0 spiro atoms. The molecule has 186 valence electrons. The predicted octanol–water partition coefficient (Wildman–Crippen LogP) is 2.83. The topological polar surface area (TPSA) is 110 Å². The number of rotatable bonds is 8. The highest BCUT2D eigenvalue weighted by Crippen LogP contribution is 2.20. The standard InChI is InChI=1S/C25H38N6O3/c1-5-6-11-26-24(33)29-22(14-19-15-27-21-10-8-7-9-20(19)21)23(32)30-12-13-31(18(4)16-30)25(34)28-17(2)3/h7-10,15,17-18,22,27H,5-6,11-14,16H2,1-4H3,(H,28,34)(H2,26,29,33). The van der Waals surface area contributed by atoms with Gasteiger partial charge in [-0.2, -0.15) is 0 Å². The number of aromatic amines is 1. The van der Waals surface area contributed by atoms with Crippen LogP contribution in [0.1, 0.15) is 46.1 Å². The molecular formula is C25H38N6O3. The van der Waals surface area contributed by atoms with E-state index in [1.165, 1.54) is 0 Å². The lowest BCUT2D eigenvalue weighted by Crippen LogP contribution is -2.61. The monoisotopic (exact) mass is 470 g/mol. The summed E-state index contributed by atoms with van der Waals surface area (Å²) in [5.74, 6) is -0.133. The lowest BCUT2D eigenvalue weighted by molar-refractivity contribution is -0.135. The van der Waals surface area contributed by atoms with E-state index in [9.17, 15) is 14.4 Å². The van der Waals surface area contributed by atoms with Crippen LogP contribution in [0.5, 0.6) is 0 Å². The van der Waals surface area contributed by atoms with Crippen molar-refractivity contribution in [3.63, 3.8) is 0 Å². The first-order valence-electron chi connectivity index (χ1n) is 12.2. The van der Waals surface area contributed by atoms with Gasteiger partial charge in [-0.1, -0.05) is 31.5 Å².